The van der Waals surface area contributed by atoms with Crippen molar-refractivity contribution in [2.24, 2.45) is 0 Å². The fraction of sp³-hybridized carbons (Fsp3) is 0.136. The molecule has 0 unspecified atom stereocenters. The number of benzene rings is 1. The summed E-state index contributed by atoms with van der Waals surface area (Å²) >= 11 is 0. The van der Waals surface area contributed by atoms with Gasteiger partial charge in [0, 0.05) is 12.4 Å². The molecule has 0 aliphatic carbocycles. The predicted octanol–water partition coefficient (Wildman–Crippen LogP) is 2.47. The van der Waals surface area contributed by atoms with E-state index in [-0.39, 0.29) is 18.0 Å². The zero-order valence-electron chi connectivity index (χ0n) is 15.9. The van der Waals surface area contributed by atoms with Crippen LogP contribution in [-0.4, -0.2) is 25.7 Å². The Hall–Kier alpha value is -3.87. The molecule has 144 valence electrons. The molecule has 1 N–H and O–H groups in total. The smallest absolute Gasteiger partial charge is 0.260 e. The first-order chi connectivity index (χ1) is 14.1. The number of fused-ring (bicyclic) bond motifs is 1. The summed E-state index contributed by atoms with van der Waals surface area (Å²) in [5.74, 6) is -0.305. The summed E-state index contributed by atoms with van der Waals surface area (Å²) in [6.45, 7) is 2.46. The molecule has 0 radical (unpaired) electrons. The summed E-state index contributed by atoms with van der Waals surface area (Å²) in [7, 11) is 0. The predicted molar refractivity (Wildman–Crippen MR) is 109 cm³/mol. The van der Waals surface area contributed by atoms with Crippen molar-refractivity contribution in [1.29, 1.82) is 0 Å². The van der Waals surface area contributed by atoms with Gasteiger partial charge < -0.3 is 9.88 Å². The first-order valence-corrected chi connectivity index (χ1v) is 9.21. The van der Waals surface area contributed by atoms with Gasteiger partial charge in [0.05, 0.1) is 40.9 Å². The van der Waals surface area contributed by atoms with Gasteiger partial charge in [-0.2, -0.15) is 10.2 Å². The van der Waals surface area contributed by atoms with Crippen molar-refractivity contribution < 1.29 is 4.79 Å². The van der Waals surface area contributed by atoms with E-state index in [9.17, 15) is 9.59 Å². The maximum absolute atomic E-state index is 13.0. The van der Waals surface area contributed by atoms with Crippen LogP contribution < -0.4 is 10.9 Å². The highest BCUT2D eigenvalue weighted by Gasteiger charge is 2.14. The van der Waals surface area contributed by atoms with Gasteiger partial charge >= 0.3 is 0 Å². The standard InChI is InChI=1S/C22H19N5O2/c1-15-18(21(28)23-13-17-8-5-10-24-26-17)12-19-20(25-15)9-11-27(22(19)29)14-16-6-3-2-4-7-16/h2-12H,13-14H2,1H3,(H,23,28). The Balaban J connectivity index is 1.64. The summed E-state index contributed by atoms with van der Waals surface area (Å²) in [6.07, 6.45) is 3.31. The molecule has 3 aromatic heterocycles. The monoisotopic (exact) mass is 385 g/mol. The number of carbonyl (C=O) groups excluding carboxylic acids is 1. The first kappa shape index (κ1) is 18.5. The fourth-order valence-electron chi connectivity index (χ4n) is 3.13. The molecule has 0 bridgehead atoms. The lowest BCUT2D eigenvalue weighted by Gasteiger charge is -2.10. The van der Waals surface area contributed by atoms with Gasteiger partial charge in [0.15, 0.2) is 0 Å². The topological polar surface area (TPSA) is 89.8 Å². The minimum Gasteiger partial charge on any atom is -0.346 e. The fourth-order valence-corrected chi connectivity index (χ4v) is 3.13. The highest BCUT2D eigenvalue weighted by molar-refractivity contribution is 5.98. The molecule has 7 heteroatoms. The van der Waals surface area contributed by atoms with Crippen molar-refractivity contribution in [2.45, 2.75) is 20.0 Å². The average Bonchev–Trinajstić information content (AvgIpc) is 2.75. The van der Waals surface area contributed by atoms with E-state index in [0.29, 0.717) is 34.4 Å². The van der Waals surface area contributed by atoms with Gasteiger partial charge in [-0.15, -0.1) is 0 Å². The molecule has 0 saturated carbocycles. The SMILES string of the molecule is Cc1nc2ccn(Cc3ccccc3)c(=O)c2cc1C(=O)NCc1cccnn1. The molecule has 4 rings (SSSR count). The van der Waals surface area contributed by atoms with Gasteiger partial charge in [-0.3, -0.25) is 14.6 Å². The molecule has 7 nitrogen and oxygen atoms in total. The molecule has 0 saturated heterocycles. The minimum absolute atomic E-state index is 0.179. The average molecular weight is 385 g/mol. The number of carbonyl (C=O) groups is 1. The van der Waals surface area contributed by atoms with E-state index in [1.165, 1.54) is 0 Å². The van der Waals surface area contributed by atoms with Crippen LogP contribution in [0.5, 0.6) is 0 Å². The van der Waals surface area contributed by atoms with E-state index < -0.39 is 0 Å². The third kappa shape index (κ3) is 4.03. The van der Waals surface area contributed by atoms with Crippen molar-refractivity contribution in [3.8, 4) is 0 Å². The lowest BCUT2D eigenvalue weighted by atomic mass is 10.1. The molecule has 0 aliphatic rings. The molecule has 1 aromatic carbocycles. The third-order valence-electron chi connectivity index (χ3n) is 4.64. The second kappa shape index (κ2) is 8.02. The van der Waals surface area contributed by atoms with Crippen LogP contribution in [-0.2, 0) is 13.1 Å². The quantitative estimate of drug-likeness (QED) is 0.570. The van der Waals surface area contributed by atoms with Crippen molar-refractivity contribution >= 4 is 16.8 Å². The van der Waals surface area contributed by atoms with Gasteiger partial charge in [0.25, 0.3) is 11.5 Å². The van der Waals surface area contributed by atoms with Gasteiger partial charge in [0.2, 0.25) is 0 Å². The van der Waals surface area contributed by atoms with Crippen LogP contribution in [0.1, 0.15) is 27.3 Å². The Kier molecular flexibility index (Phi) is 5.11. The minimum atomic E-state index is -0.305. The van der Waals surface area contributed by atoms with E-state index in [4.69, 9.17) is 0 Å². The Morgan fingerprint density at radius 3 is 2.69 bits per heavy atom. The largest absolute Gasteiger partial charge is 0.346 e. The molecule has 1 amide bonds. The maximum atomic E-state index is 13.0. The Bertz CT molecular complexity index is 1220. The Morgan fingerprint density at radius 2 is 1.93 bits per heavy atom. The van der Waals surface area contributed by atoms with Gasteiger partial charge in [-0.1, -0.05) is 30.3 Å². The summed E-state index contributed by atoms with van der Waals surface area (Å²) in [4.78, 5) is 30.1. The first-order valence-electron chi connectivity index (χ1n) is 9.21. The molecule has 29 heavy (non-hydrogen) atoms. The number of aromatic nitrogens is 4. The van der Waals surface area contributed by atoms with Crippen molar-refractivity contribution in [2.75, 3.05) is 0 Å². The molecule has 3 heterocycles. The van der Waals surface area contributed by atoms with Crippen molar-refractivity contribution in [3.63, 3.8) is 0 Å². The van der Waals surface area contributed by atoms with Crippen LogP contribution in [0.2, 0.25) is 0 Å². The van der Waals surface area contributed by atoms with Crippen LogP contribution >= 0.6 is 0 Å². The van der Waals surface area contributed by atoms with Crippen molar-refractivity contribution in [3.05, 3.63) is 99.9 Å². The van der Waals surface area contributed by atoms with E-state index in [1.807, 2.05) is 30.3 Å². The number of pyridine rings is 2. The van der Waals surface area contributed by atoms with Crippen LogP contribution in [0.3, 0.4) is 0 Å². The molecular weight excluding hydrogens is 366 g/mol. The van der Waals surface area contributed by atoms with Crippen LogP contribution in [0.4, 0.5) is 0 Å². The Morgan fingerprint density at radius 1 is 1.10 bits per heavy atom. The highest BCUT2D eigenvalue weighted by Crippen LogP contribution is 2.14. The second-order valence-electron chi connectivity index (χ2n) is 6.69. The summed E-state index contributed by atoms with van der Waals surface area (Å²) in [5, 5.41) is 11.0. The summed E-state index contributed by atoms with van der Waals surface area (Å²) in [6, 6.07) is 16.7. The molecule has 0 fully saturated rings. The van der Waals surface area contributed by atoms with E-state index in [2.05, 4.69) is 20.5 Å². The van der Waals surface area contributed by atoms with Crippen LogP contribution in [0, 0.1) is 6.92 Å². The Labute approximate surface area is 167 Å². The van der Waals surface area contributed by atoms with E-state index in [1.54, 1.807) is 48.1 Å². The lowest BCUT2D eigenvalue weighted by molar-refractivity contribution is 0.0949. The summed E-state index contributed by atoms with van der Waals surface area (Å²) < 4.78 is 1.62. The zero-order chi connectivity index (χ0) is 20.2. The number of aryl methyl sites for hydroxylation is 1. The molecule has 4 aromatic rings. The van der Waals surface area contributed by atoms with Crippen molar-refractivity contribution in [1.82, 2.24) is 25.1 Å². The second-order valence-corrected chi connectivity index (χ2v) is 6.69. The van der Waals surface area contributed by atoms with Crippen LogP contribution in [0.15, 0.2) is 71.8 Å². The molecule has 0 spiro atoms. The number of hydrogen-bond acceptors (Lipinski definition) is 5. The number of rotatable bonds is 5. The van der Waals surface area contributed by atoms with E-state index >= 15 is 0 Å². The van der Waals surface area contributed by atoms with Crippen LogP contribution in [0.25, 0.3) is 10.9 Å². The molecule has 0 atom stereocenters. The van der Waals surface area contributed by atoms with E-state index in [0.717, 1.165) is 5.56 Å². The summed E-state index contributed by atoms with van der Waals surface area (Å²) in [5.41, 5.74) is 3.00. The lowest BCUT2D eigenvalue weighted by Crippen LogP contribution is -2.26. The van der Waals surface area contributed by atoms with Gasteiger partial charge in [0.1, 0.15) is 0 Å². The number of amides is 1. The number of nitrogens with zero attached hydrogens (tertiary/aromatic N) is 4. The zero-order valence-corrected chi connectivity index (χ0v) is 15.9. The molecule has 0 aliphatic heterocycles. The molecular formula is C22H19N5O2. The van der Waals surface area contributed by atoms with Gasteiger partial charge in [-0.25, -0.2) is 0 Å². The number of hydrogen-bond donors (Lipinski definition) is 1. The van der Waals surface area contributed by atoms with Gasteiger partial charge in [-0.05, 0) is 36.8 Å². The maximum Gasteiger partial charge on any atom is 0.260 e. The third-order valence-corrected chi connectivity index (χ3v) is 4.64. The number of nitrogens with one attached hydrogen (secondary N) is 1. The highest BCUT2D eigenvalue weighted by atomic mass is 16.1. The normalized spacial score (nSPS) is 10.8.